The van der Waals surface area contributed by atoms with Crippen LogP contribution in [0.3, 0.4) is 0 Å². The van der Waals surface area contributed by atoms with Gasteiger partial charge in [0.15, 0.2) is 11.2 Å². The van der Waals surface area contributed by atoms with Gasteiger partial charge in [-0.1, -0.05) is 109 Å². The van der Waals surface area contributed by atoms with Crippen LogP contribution in [0.5, 0.6) is 0 Å². The molecule has 5 heteroatoms. The van der Waals surface area contributed by atoms with E-state index in [1.165, 1.54) is 66.0 Å². The Hall–Kier alpha value is -6.04. The van der Waals surface area contributed by atoms with Crippen molar-refractivity contribution in [3.05, 3.63) is 178 Å². The molecule has 6 aromatic carbocycles. The molecule has 0 spiro atoms. The molecule has 0 unspecified atom stereocenters. The predicted molar refractivity (Wildman–Crippen MR) is 222 cm³/mol. The number of aryl methyl sites for hydroxylation is 4. The van der Waals surface area contributed by atoms with E-state index in [-0.39, 0.29) is 0 Å². The van der Waals surface area contributed by atoms with Crippen molar-refractivity contribution >= 4 is 51.8 Å². The molecule has 0 N–H and O–H groups in total. The summed E-state index contributed by atoms with van der Waals surface area (Å²) >= 11 is 0. The van der Waals surface area contributed by atoms with Crippen LogP contribution in [0.25, 0.3) is 66.6 Å². The zero-order chi connectivity index (χ0) is 36.4. The first-order chi connectivity index (χ1) is 25.6. The SMILES string of the molecule is Cc1cccc(C2=C(c3ccc(-c4nc5cc(C)ccc5o4)cc3)[Si](C)(C)C(c3ccc(-c4nc5cc(C)ccc5o4)cc3)=C2c2cccc(C)c2)c1. The largest absolute Gasteiger partial charge is 0.436 e. The number of fused-ring (bicyclic) bond motifs is 2. The number of oxazole rings is 2. The van der Waals surface area contributed by atoms with Crippen LogP contribution >= 0.6 is 0 Å². The number of aromatic nitrogens is 2. The second-order valence-corrected chi connectivity index (χ2v) is 19.2. The van der Waals surface area contributed by atoms with E-state index in [0.29, 0.717) is 11.8 Å². The summed E-state index contributed by atoms with van der Waals surface area (Å²) in [6, 6.07) is 48.0. The second kappa shape index (κ2) is 12.6. The summed E-state index contributed by atoms with van der Waals surface area (Å²) < 4.78 is 12.4. The van der Waals surface area contributed by atoms with Gasteiger partial charge in [-0.25, -0.2) is 9.97 Å². The fourth-order valence-electron chi connectivity index (χ4n) is 8.07. The van der Waals surface area contributed by atoms with Crippen molar-refractivity contribution in [3.8, 4) is 22.9 Å². The number of hydrogen-bond acceptors (Lipinski definition) is 4. The molecule has 0 amide bonds. The molecule has 0 saturated heterocycles. The van der Waals surface area contributed by atoms with Crippen LogP contribution in [0.15, 0.2) is 142 Å². The van der Waals surface area contributed by atoms with Crippen molar-refractivity contribution in [2.75, 3.05) is 0 Å². The van der Waals surface area contributed by atoms with E-state index in [1.54, 1.807) is 0 Å². The lowest BCUT2D eigenvalue weighted by Crippen LogP contribution is -2.28. The van der Waals surface area contributed by atoms with Crippen molar-refractivity contribution in [1.29, 1.82) is 0 Å². The van der Waals surface area contributed by atoms with Gasteiger partial charge < -0.3 is 8.83 Å². The van der Waals surface area contributed by atoms with Gasteiger partial charge in [0.2, 0.25) is 11.8 Å². The molecule has 0 aliphatic carbocycles. The van der Waals surface area contributed by atoms with E-state index in [4.69, 9.17) is 18.8 Å². The Morgan fingerprint density at radius 2 is 0.774 bits per heavy atom. The molecule has 0 fully saturated rings. The quantitative estimate of drug-likeness (QED) is 0.162. The number of hydrogen-bond donors (Lipinski definition) is 0. The first-order valence-electron chi connectivity index (χ1n) is 18.2. The number of rotatable bonds is 6. The first-order valence-corrected chi connectivity index (χ1v) is 21.2. The van der Waals surface area contributed by atoms with Crippen molar-refractivity contribution in [1.82, 2.24) is 9.97 Å². The van der Waals surface area contributed by atoms with Crippen molar-refractivity contribution in [2.24, 2.45) is 0 Å². The molecular formula is C48H40N2O2Si. The van der Waals surface area contributed by atoms with Gasteiger partial charge in [-0.15, -0.1) is 0 Å². The normalized spacial score (nSPS) is 14.2. The molecular weight excluding hydrogens is 665 g/mol. The summed E-state index contributed by atoms with van der Waals surface area (Å²) in [6.07, 6.45) is 0. The Kier molecular flexibility index (Phi) is 7.79. The minimum Gasteiger partial charge on any atom is -0.436 e. The highest BCUT2D eigenvalue weighted by Gasteiger charge is 2.44. The molecule has 53 heavy (non-hydrogen) atoms. The topological polar surface area (TPSA) is 52.1 Å². The molecule has 0 bridgehead atoms. The summed E-state index contributed by atoms with van der Waals surface area (Å²) in [5, 5.41) is 2.85. The lowest BCUT2D eigenvalue weighted by molar-refractivity contribution is 0.619. The molecule has 1 aliphatic heterocycles. The minimum atomic E-state index is -2.38. The van der Waals surface area contributed by atoms with Crippen LogP contribution in [-0.2, 0) is 0 Å². The third-order valence-corrected chi connectivity index (χ3v) is 14.1. The van der Waals surface area contributed by atoms with Gasteiger partial charge in [0.1, 0.15) is 19.1 Å². The average Bonchev–Trinajstić information content (AvgIpc) is 3.83. The third kappa shape index (κ3) is 5.78. The molecule has 4 nitrogen and oxygen atoms in total. The maximum Gasteiger partial charge on any atom is 0.227 e. The number of nitrogens with zero attached hydrogens (tertiary/aromatic N) is 2. The maximum absolute atomic E-state index is 6.21. The second-order valence-electron chi connectivity index (χ2n) is 15.0. The summed E-state index contributed by atoms with van der Waals surface area (Å²) in [5.41, 5.74) is 17.7. The van der Waals surface area contributed by atoms with Crippen molar-refractivity contribution in [3.63, 3.8) is 0 Å². The van der Waals surface area contributed by atoms with E-state index in [2.05, 4.69) is 162 Å². The Labute approximate surface area is 311 Å². The van der Waals surface area contributed by atoms with E-state index in [9.17, 15) is 0 Å². The van der Waals surface area contributed by atoms with Crippen LogP contribution in [0.1, 0.15) is 44.5 Å². The molecule has 1 aliphatic rings. The molecule has 2 aromatic heterocycles. The van der Waals surface area contributed by atoms with Crippen LogP contribution in [-0.4, -0.2) is 18.0 Å². The monoisotopic (exact) mass is 704 g/mol. The van der Waals surface area contributed by atoms with Crippen molar-refractivity contribution < 1.29 is 8.83 Å². The van der Waals surface area contributed by atoms with Crippen LogP contribution in [0, 0.1) is 27.7 Å². The Balaban J connectivity index is 1.22. The van der Waals surface area contributed by atoms with Gasteiger partial charge in [0.05, 0.1) is 0 Å². The number of benzene rings is 6. The zero-order valence-corrected chi connectivity index (χ0v) is 31.9. The van der Waals surface area contributed by atoms with Gasteiger partial charge in [-0.3, -0.25) is 0 Å². The summed E-state index contributed by atoms with van der Waals surface area (Å²) in [6.45, 7) is 13.5. The highest BCUT2D eigenvalue weighted by molar-refractivity contribution is 7.13. The molecule has 0 atom stereocenters. The molecule has 9 rings (SSSR count). The summed E-state index contributed by atoms with van der Waals surface area (Å²) in [5.74, 6) is 1.28. The number of allylic oxidation sites excluding steroid dienone is 2. The summed E-state index contributed by atoms with van der Waals surface area (Å²) in [7, 11) is -2.38. The predicted octanol–water partition coefficient (Wildman–Crippen LogP) is 12.9. The van der Waals surface area contributed by atoms with E-state index in [0.717, 1.165) is 33.3 Å². The lowest BCUT2D eigenvalue weighted by Gasteiger charge is -2.26. The molecule has 8 aromatic rings. The zero-order valence-electron chi connectivity index (χ0n) is 30.9. The van der Waals surface area contributed by atoms with E-state index >= 15 is 0 Å². The minimum absolute atomic E-state index is 0.640. The molecule has 258 valence electrons. The Morgan fingerprint density at radius 3 is 1.17 bits per heavy atom. The molecule has 0 saturated carbocycles. The van der Waals surface area contributed by atoms with Gasteiger partial charge in [-0.05, 0) is 131 Å². The third-order valence-electron chi connectivity index (χ3n) is 10.5. The fourth-order valence-corrected chi connectivity index (χ4v) is 11.9. The summed E-state index contributed by atoms with van der Waals surface area (Å²) in [4.78, 5) is 9.68. The standard InChI is InChI=1S/C48H40N2O2Si/c1-29-9-7-11-37(25-29)43-44(38-12-8-10-30(2)26-38)46(34-17-21-36(22-18-34)48-50-40-28-32(4)14-24-42(40)52-48)53(5,6)45(43)33-15-19-35(20-16-33)47-49-39-27-31(3)13-23-41(39)51-47/h7-28H,1-6H3. The Morgan fingerprint density at radius 1 is 0.396 bits per heavy atom. The highest BCUT2D eigenvalue weighted by atomic mass is 28.3. The van der Waals surface area contributed by atoms with Gasteiger partial charge >= 0.3 is 0 Å². The lowest BCUT2D eigenvalue weighted by atomic mass is 9.88. The fraction of sp³-hybridized carbons (Fsp3) is 0.125. The van der Waals surface area contributed by atoms with Gasteiger partial charge in [0.25, 0.3) is 0 Å². The van der Waals surface area contributed by atoms with Crippen LogP contribution < -0.4 is 0 Å². The smallest absolute Gasteiger partial charge is 0.227 e. The van der Waals surface area contributed by atoms with Crippen LogP contribution in [0.2, 0.25) is 13.1 Å². The molecule has 0 radical (unpaired) electrons. The first kappa shape index (κ1) is 32.8. The van der Waals surface area contributed by atoms with Gasteiger partial charge in [0, 0.05) is 11.1 Å². The van der Waals surface area contributed by atoms with Crippen LogP contribution in [0.4, 0.5) is 0 Å². The maximum atomic E-state index is 6.21. The Bertz CT molecular complexity index is 2590. The molecule has 3 heterocycles. The van der Waals surface area contributed by atoms with Gasteiger partial charge in [-0.2, -0.15) is 0 Å². The van der Waals surface area contributed by atoms with E-state index in [1.807, 2.05) is 12.1 Å². The van der Waals surface area contributed by atoms with E-state index < -0.39 is 8.07 Å². The van der Waals surface area contributed by atoms with Crippen molar-refractivity contribution in [2.45, 2.75) is 40.8 Å². The average molecular weight is 705 g/mol. The highest BCUT2D eigenvalue weighted by Crippen LogP contribution is 2.56.